The molecule has 4 heteroatoms. The van der Waals surface area contributed by atoms with Crippen LogP contribution in [0.4, 0.5) is 5.69 Å². The van der Waals surface area contributed by atoms with E-state index in [0.717, 1.165) is 12.2 Å². The number of anilines is 1. The molecule has 4 nitrogen and oxygen atoms in total. The molecule has 1 heterocycles. The molecule has 0 saturated carbocycles. The van der Waals surface area contributed by atoms with Crippen LogP contribution in [-0.2, 0) is 6.54 Å². The van der Waals surface area contributed by atoms with E-state index in [1.807, 2.05) is 6.92 Å². The van der Waals surface area contributed by atoms with Crippen molar-refractivity contribution in [1.29, 1.82) is 0 Å². The fourth-order valence-electron chi connectivity index (χ4n) is 1.91. The molecule has 0 unspecified atom stereocenters. The van der Waals surface area contributed by atoms with Crippen LogP contribution in [-0.4, -0.2) is 17.6 Å². The van der Waals surface area contributed by atoms with Crippen LogP contribution in [0.15, 0.2) is 40.8 Å². The van der Waals surface area contributed by atoms with E-state index >= 15 is 0 Å². The van der Waals surface area contributed by atoms with E-state index in [0.29, 0.717) is 12.3 Å². The van der Waals surface area contributed by atoms with Crippen molar-refractivity contribution >= 4 is 11.7 Å². The van der Waals surface area contributed by atoms with Crippen molar-refractivity contribution in [3.63, 3.8) is 0 Å². The number of carboxylic acids is 1. The van der Waals surface area contributed by atoms with E-state index in [1.54, 1.807) is 6.07 Å². The van der Waals surface area contributed by atoms with Crippen molar-refractivity contribution in [2.75, 3.05) is 11.4 Å². The van der Waals surface area contributed by atoms with Crippen molar-refractivity contribution in [2.24, 2.45) is 0 Å². The number of hydrogen-bond donors (Lipinski definition) is 1. The predicted octanol–water partition coefficient (Wildman–Crippen LogP) is 3.31. The fourth-order valence-corrected chi connectivity index (χ4v) is 1.91. The number of nitrogens with zero attached hydrogens (tertiary/aromatic N) is 1. The molecule has 1 N–H and O–H groups in total. The van der Waals surface area contributed by atoms with E-state index in [1.165, 1.54) is 11.6 Å². The summed E-state index contributed by atoms with van der Waals surface area (Å²) in [4.78, 5) is 12.9. The third-order valence-electron chi connectivity index (χ3n) is 3.00. The Morgan fingerprint density at radius 3 is 2.42 bits per heavy atom. The Kier molecular flexibility index (Phi) is 3.90. The van der Waals surface area contributed by atoms with Gasteiger partial charge in [-0.1, -0.05) is 17.7 Å². The van der Waals surface area contributed by atoms with Gasteiger partial charge in [-0.3, -0.25) is 0 Å². The summed E-state index contributed by atoms with van der Waals surface area (Å²) < 4.78 is 5.28. The normalized spacial score (nSPS) is 10.4. The molecule has 2 aromatic rings. The number of aromatic carboxylic acids is 1. The molecule has 0 spiro atoms. The second-order valence-electron chi connectivity index (χ2n) is 4.42. The van der Waals surface area contributed by atoms with Crippen molar-refractivity contribution in [1.82, 2.24) is 0 Å². The quantitative estimate of drug-likeness (QED) is 0.895. The van der Waals surface area contributed by atoms with Crippen molar-refractivity contribution < 1.29 is 14.3 Å². The van der Waals surface area contributed by atoms with Crippen molar-refractivity contribution in [2.45, 2.75) is 20.4 Å². The molecule has 19 heavy (non-hydrogen) atoms. The maximum absolute atomic E-state index is 10.8. The van der Waals surface area contributed by atoms with Crippen LogP contribution in [0.5, 0.6) is 0 Å². The van der Waals surface area contributed by atoms with E-state index in [4.69, 9.17) is 9.52 Å². The summed E-state index contributed by atoms with van der Waals surface area (Å²) in [6, 6.07) is 11.4. The van der Waals surface area contributed by atoms with E-state index in [2.05, 4.69) is 36.1 Å². The molecule has 1 aromatic heterocycles. The molecule has 2 rings (SSSR count). The highest BCUT2D eigenvalue weighted by molar-refractivity contribution is 5.84. The Bertz CT molecular complexity index is 557. The lowest BCUT2D eigenvalue weighted by atomic mass is 10.2. The lowest BCUT2D eigenvalue weighted by Gasteiger charge is -2.22. The summed E-state index contributed by atoms with van der Waals surface area (Å²) in [6.07, 6.45) is 0. The van der Waals surface area contributed by atoms with Gasteiger partial charge in [0.1, 0.15) is 5.76 Å². The van der Waals surface area contributed by atoms with Gasteiger partial charge in [-0.05, 0) is 38.1 Å². The van der Waals surface area contributed by atoms with Crippen LogP contribution in [0.3, 0.4) is 0 Å². The van der Waals surface area contributed by atoms with E-state index < -0.39 is 5.97 Å². The van der Waals surface area contributed by atoms with Gasteiger partial charge in [0.15, 0.2) is 0 Å². The zero-order valence-electron chi connectivity index (χ0n) is 11.1. The first kappa shape index (κ1) is 13.2. The summed E-state index contributed by atoms with van der Waals surface area (Å²) in [6.45, 7) is 5.49. The molecule has 0 amide bonds. The number of furan rings is 1. The number of aryl methyl sites for hydroxylation is 1. The number of carbonyl (C=O) groups is 1. The minimum Gasteiger partial charge on any atom is -0.475 e. The number of hydrogen-bond acceptors (Lipinski definition) is 3. The second-order valence-corrected chi connectivity index (χ2v) is 4.42. The minimum atomic E-state index is -1.04. The van der Waals surface area contributed by atoms with Crippen molar-refractivity contribution in [3.8, 4) is 0 Å². The highest BCUT2D eigenvalue weighted by atomic mass is 16.4. The Balaban J connectivity index is 2.14. The number of benzene rings is 1. The highest BCUT2D eigenvalue weighted by Crippen LogP contribution is 2.19. The molecule has 0 aliphatic heterocycles. The Labute approximate surface area is 112 Å². The molecule has 0 atom stereocenters. The summed E-state index contributed by atoms with van der Waals surface area (Å²) in [5.74, 6) is -0.403. The molecule has 0 aliphatic carbocycles. The summed E-state index contributed by atoms with van der Waals surface area (Å²) >= 11 is 0. The Morgan fingerprint density at radius 2 is 1.89 bits per heavy atom. The average molecular weight is 259 g/mol. The molecule has 0 bridgehead atoms. The van der Waals surface area contributed by atoms with Gasteiger partial charge in [-0.25, -0.2) is 4.79 Å². The van der Waals surface area contributed by atoms with Gasteiger partial charge in [0.25, 0.3) is 0 Å². The third kappa shape index (κ3) is 3.16. The monoisotopic (exact) mass is 259 g/mol. The molecular weight excluding hydrogens is 242 g/mol. The van der Waals surface area contributed by atoms with Crippen LogP contribution in [0.2, 0.25) is 0 Å². The topological polar surface area (TPSA) is 53.7 Å². The maximum Gasteiger partial charge on any atom is 0.371 e. The van der Waals surface area contributed by atoms with E-state index in [-0.39, 0.29) is 5.76 Å². The smallest absolute Gasteiger partial charge is 0.371 e. The molecule has 0 saturated heterocycles. The van der Waals surface area contributed by atoms with Gasteiger partial charge in [0.05, 0.1) is 6.54 Å². The summed E-state index contributed by atoms with van der Waals surface area (Å²) in [7, 11) is 0. The molecule has 0 radical (unpaired) electrons. The van der Waals surface area contributed by atoms with Crippen LogP contribution >= 0.6 is 0 Å². The zero-order chi connectivity index (χ0) is 13.8. The first-order valence-corrected chi connectivity index (χ1v) is 6.23. The molecule has 0 fully saturated rings. The van der Waals surface area contributed by atoms with E-state index in [9.17, 15) is 4.79 Å². The Morgan fingerprint density at radius 1 is 1.21 bits per heavy atom. The summed E-state index contributed by atoms with van der Waals surface area (Å²) in [5.41, 5.74) is 2.31. The number of rotatable bonds is 5. The lowest BCUT2D eigenvalue weighted by molar-refractivity contribution is 0.0660. The third-order valence-corrected chi connectivity index (χ3v) is 3.00. The molecular formula is C15H17NO3. The second kappa shape index (κ2) is 5.61. The van der Waals surface area contributed by atoms with Crippen molar-refractivity contribution in [3.05, 3.63) is 53.5 Å². The van der Waals surface area contributed by atoms with Gasteiger partial charge in [0.2, 0.25) is 5.76 Å². The van der Waals surface area contributed by atoms with Crippen LogP contribution in [0, 0.1) is 6.92 Å². The van der Waals surface area contributed by atoms with Crippen LogP contribution < -0.4 is 4.90 Å². The molecule has 100 valence electrons. The van der Waals surface area contributed by atoms with Crippen LogP contribution in [0.1, 0.15) is 28.8 Å². The van der Waals surface area contributed by atoms with Gasteiger partial charge in [0, 0.05) is 12.2 Å². The first-order valence-electron chi connectivity index (χ1n) is 6.23. The summed E-state index contributed by atoms with van der Waals surface area (Å²) in [5, 5.41) is 8.83. The fraction of sp³-hybridized carbons (Fsp3) is 0.267. The molecule has 0 aliphatic rings. The number of carboxylic acid groups (broad SMARTS) is 1. The first-order chi connectivity index (χ1) is 9.10. The lowest BCUT2D eigenvalue weighted by Crippen LogP contribution is -2.21. The van der Waals surface area contributed by atoms with Gasteiger partial charge in [-0.15, -0.1) is 0 Å². The SMILES string of the molecule is CCN(Cc1ccc(C(=O)O)o1)c1ccc(C)cc1. The zero-order valence-corrected chi connectivity index (χ0v) is 11.1. The maximum atomic E-state index is 10.8. The Hall–Kier alpha value is -2.23. The largest absolute Gasteiger partial charge is 0.475 e. The molecule has 1 aromatic carbocycles. The predicted molar refractivity (Wildman–Crippen MR) is 73.6 cm³/mol. The highest BCUT2D eigenvalue weighted by Gasteiger charge is 2.12. The minimum absolute atomic E-state index is 0.0186. The van der Waals surface area contributed by atoms with Crippen LogP contribution in [0.25, 0.3) is 0 Å². The van der Waals surface area contributed by atoms with Gasteiger partial charge >= 0.3 is 5.97 Å². The van der Waals surface area contributed by atoms with Gasteiger partial charge < -0.3 is 14.4 Å². The average Bonchev–Trinajstić information content (AvgIpc) is 2.86. The van der Waals surface area contributed by atoms with Gasteiger partial charge in [-0.2, -0.15) is 0 Å². The standard InChI is InChI=1S/C15H17NO3/c1-3-16(12-6-4-11(2)5-7-12)10-13-8-9-14(19-13)15(17)18/h4-9H,3,10H2,1-2H3,(H,17,18).